The van der Waals surface area contributed by atoms with Crippen LogP contribution in [0.4, 0.5) is 13.2 Å². The van der Waals surface area contributed by atoms with E-state index in [9.17, 15) is 18.0 Å². The molecule has 0 aliphatic carbocycles. The van der Waals surface area contributed by atoms with Gasteiger partial charge in [-0.3, -0.25) is 9.20 Å². The molecule has 32 heavy (non-hydrogen) atoms. The van der Waals surface area contributed by atoms with E-state index in [0.717, 1.165) is 28.0 Å². The van der Waals surface area contributed by atoms with E-state index in [1.54, 1.807) is 31.6 Å². The Morgan fingerprint density at radius 2 is 1.91 bits per heavy atom. The molecule has 4 aromatic rings. The fourth-order valence-electron chi connectivity index (χ4n) is 3.57. The van der Waals surface area contributed by atoms with Crippen molar-refractivity contribution >= 4 is 11.4 Å². The third-order valence-corrected chi connectivity index (χ3v) is 5.10. The van der Waals surface area contributed by atoms with Gasteiger partial charge < -0.3 is 4.74 Å². The van der Waals surface area contributed by atoms with Crippen molar-refractivity contribution in [2.75, 3.05) is 7.11 Å². The predicted octanol–water partition coefficient (Wildman–Crippen LogP) is 5.53. The lowest BCUT2D eigenvalue weighted by Gasteiger charge is -2.09. The number of ketones is 1. The van der Waals surface area contributed by atoms with Crippen LogP contribution in [0, 0.1) is 0 Å². The van der Waals surface area contributed by atoms with E-state index in [-0.39, 0.29) is 6.42 Å². The fourth-order valence-corrected chi connectivity index (χ4v) is 3.57. The zero-order valence-electron chi connectivity index (χ0n) is 17.3. The first-order valence-corrected chi connectivity index (χ1v) is 9.98. The van der Waals surface area contributed by atoms with Gasteiger partial charge in [-0.25, -0.2) is 9.97 Å². The average molecular weight is 439 g/mol. The summed E-state index contributed by atoms with van der Waals surface area (Å²) in [7, 11) is 1.57. The Balaban J connectivity index is 1.59. The second kappa shape index (κ2) is 8.82. The normalized spacial score (nSPS) is 11.6. The minimum Gasteiger partial charge on any atom is -0.481 e. The van der Waals surface area contributed by atoms with Gasteiger partial charge in [0.2, 0.25) is 5.88 Å². The van der Waals surface area contributed by atoms with Crippen molar-refractivity contribution in [3.05, 3.63) is 72.7 Å². The van der Waals surface area contributed by atoms with Gasteiger partial charge in [-0.2, -0.15) is 13.2 Å². The highest BCUT2D eigenvalue weighted by Crippen LogP contribution is 2.30. The summed E-state index contributed by atoms with van der Waals surface area (Å²) in [6.07, 6.45) is -0.689. The van der Waals surface area contributed by atoms with Gasteiger partial charge in [-0.15, -0.1) is 0 Å². The van der Waals surface area contributed by atoms with Gasteiger partial charge in [0.25, 0.3) is 0 Å². The van der Waals surface area contributed by atoms with Gasteiger partial charge >= 0.3 is 6.18 Å². The third-order valence-electron chi connectivity index (χ3n) is 5.10. The van der Waals surface area contributed by atoms with Crippen molar-refractivity contribution in [1.29, 1.82) is 0 Å². The molecule has 0 aliphatic heterocycles. The molecule has 5 nitrogen and oxygen atoms in total. The quantitative estimate of drug-likeness (QED) is 0.380. The standard InChI is InChI=1S/C24H20F3N3O2/c1-32-23-20(6-3-10-28-23)17-8-11-30-21(15-29-22(30)14-17)18-5-2-4-16(12-18)13-19(31)7-9-24(25,26)27/h2-6,8,10-12,14-15H,7,9,13H2,1H3. The summed E-state index contributed by atoms with van der Waals surface area (Å²) in [5, 5.41) is 0. The molecule has 3 aromatic heterocycles. The molecule has 4 rings (SSSR count). The van der Waals surface area contributed by atoms with Crippen LogP contribution in [0.1, 0.15) is 18.4 Å². The maximum absolute atomic E-state index is 12.4. The van der Waals surface area contributed by atoms with Gasteiger partial charge in [0.05, 0.1) is 25.4 Å². The number of alkyl halides is 3. The van der Waals surface area contributed by atoms with Crippen molar-refractivity contribution in [1.82, 2.24) is 14.4 Å². The number of rotatable bonds is 7. The number of imidazole rings is 1. The molecular weight excluding hydrogens is 419 g/mol. The molecule has 1 aromatic carbocycles. The molecule has 3 heterocycles. The number of nitrogens with zero attached hydrogens (tertiary/aromatic N) is 3. The summed E-state index contributed by atoms with van der Waals surface area (Å²) in [5.74, 6) is 0.0826. The second-order valence-electron chi connectivity index (χ2n) is 7.38. The largest absolute Gasteiger partial charge is 0.481 e. The van der Waals surface area contributed by atoms with E-state index in [1.165, 1.54) is 0 Å². The number of pyridine rings is 2. The van der Waals surface area contributed by atoms with E-state index < -0.39 is 24.8 Å². The van der Waals surface area contributed by atoms with Gasteiger partial charge in [-0.1, -0.05) is 18.2 Å². The number of methoxy groups -OCH3 is 1. The van der Waals surface area contributed by atoms with Crippen molar-refractivity contribution < 1.29 is 22.7 Å². The molecule has 0 saturated heterocycles. The number of fused-ring (bicyclic) bond motifs is 1. The van der Waals surface area contributed by atoms with Gasteiger partial charge in [-0.05, 0) is 41.5 Å². The highest BCUT2D eigenvalue weighted by atomic mass is 19.4. The number of benzene rings is 1. The molecule has 0 radical (unpaired) electrons. The molecule has 0 fully saturated rings. The molecule has 0 saturated carbocycles. The van der Waals surface area contributed by atoms with Crippen molar-refractivity contribution in [3.8, 4) is 28.3 Å². The lowest BCUT2D eigenvalue weighted by Crippen LogP contribution is -2.12. The Kier molecular flexibility index (Phi) is 5.94. The molecule has 0 atom stereocenters. The maximum Gasteiger partial charge on any atom is 0.389 e. The lowest BCUT2D eigenvalue weighted by molar-refractivity contribution is -0.143. The monoisotopic (exact) mass is 439 g/mol. The summed E-state index contributed by atoms with van der Waals surface area (Å²) < 4.78 is 44.3. The summed E-state index contributed by atoms with van der Waals surface area (Å²) in [6.45, 7) is 0. The van der Waals surface area contributed by atoms with Crippen LogP contribution in [-0.4, -0.2) is 33.4 Å². The predicted molar refractivity (Wildman–Crippen MR) is 114 cm³/mol. The van der Waals surface area contributed by atoms with Crippen LogP contribution in [-0.2, 0) is 11.2 Å². The summed E-state index contributed by atoms with van der Waals surface area (Å²) in [4.78, 5) is 20.7. The molecule has 0 amide bonds. The number of aromatic nitrogens is 3. The lowest BCUT2D eigenvalue weighted by atomic mass is 10.0. The molecule has 0 spiro atoms. The number of carbonyl (C=O) groups excluding carboxylic acids is 1. The zero-order chi connectivity index (χ0) is 22.7. The molecule has 0 bridgehead atoms. The Labute approximate surface area is 182 Å². The Morgan fingerprint density at radius 1 is 1.06 bits per heavy atom. The number of carbonyl (C=O) groups is 1. The van der Waals surface area contributed by atoms with Crippen LogP contribution >= 0.6 is 0 Å². The SMILES string of the molecule is COc1ncccc1-c1ccn2c(-c3cccc(CC(=O)CCC(F)(F)F)c3)cnc2c1. The van der Waals surface area contributed by atoms with Gasteiger partial charge in [0, 0.05) is 36.4 Å². The first-order valence-electron chi connectivity index (χ1n) is 9.98. The van der Waals surface area contributed by atoms with Crippen LogP contribution in [0.2, 0.25) is 0 Å². The van der Waals surface area contributed by atoms with Crippen molar-refractivity contribution in [2.24, 2.45) is 0 Å². The van der Waals surface area contributed by atoms with E-state index in [0.29, 0.717) is 11.4 Å². The van der Waals surface area contributed by atoms with Crippen LogP contribution < -0.4 is 4.74 Å². The number of hydrogen-bond acceptors (Lipinski definition) is 4. The van der Waals surface area contributed by atoms with E-state index in [4.69, 9.17) is 4.74 Å². The van der Waals surface area contributed by atoms with Crippen LogP contribution in [0.5, 0.6) is 5.88 Å². The topological polar surface area (TPSA) is 56.5 Å². The van der Waals surface area contributed by atoms with E-state index in [2.05, 4.69) is 9.97 Å². The highest BCUT2D eigenvalue weighted by molar-refractivity contribution is 5.81. The van der Waals surface area contributed by atoms with Gasteiger partial charge in [0.15, 0.2) is 0 Å². The van der Waals surface area contributed by atoms with Crippen LogP contribution in [0.25, 0.3) is 28.0 Å². The molecule has 0 aliphatic rings. The summed E-state index contributed by atoms with van der Waals surface area (Å²) in [5.41, 5.74) is 4.78. The van der Waals surface area contributed by atoms with Crippen molar-refractivity contribution in [3.63, 3.8) is 0 Å². The molecule has 8 heteroatoms. The van der Waals surface area contributed by atoms with Crippen LogP contribution in [0.15, 0.2) is 67.1 Å². The zero-order valence-corrected chi connectivity index (χ0v) is 17.3. The van der Waals surface area contributed by atoms with Gasteiger partial charge in [0.1, 0.15) is 11.4 Å². The summed E-state index contributed by atoms with van der Waals surface area (Å²) in [6, 6.07) is 14.8. The maximum atomic E-state index is 12.4. The first-order chi connectivity index (χ1) is 15.3. The Bertz CT molecular complexity index is 1260. The van der Waals surface area contributed by atoms with E-state index >= 15 is 0 Å². The number of halogens is 3. The number of ether oxygens (including phenoxy) is 1. The average Bonchev–Trinajstić information content (AvgIpc) is 3.21. The smallest absolute Gasteiger partial charge is 0.389 e. The van der Waals surface area contributed by atoms with Crippen molar-refractivity contribution in [2.45, 2.75) is 25.4 Å². The third kappa shape index (κ3) is 4.80. The molecule has 0 N–H and O–H groups in total. The molecule has 0 unspecified atom stereocenters. The highest BCUT2D eigenvalue weighted by Gasteiger charge is 2.27. The minimum atomic E-state index is -4.33. The number of Topliss-reactive ketones (excluding diaryl/α,β-unsaturated/α-hetero) is 1. The summed E-state index contributed by atoms with van der Waals surface area (Å²) >= 11 is 0. The first kappa shape index (κ1) is 21.5. The van der Waals surface area contributed by atoms with E-state index in [1.807, 2.05) is 47.0 Å². The Morgan fingerprint density at radius 3 is 2.69 bits per heavy atom. The van der Waals surface area contributed by atoms with Crippen LogP contribution in [0.3, 0.4) is 0 Å². The minimum absolute atomic E-state index is 0.0361. The Hall–Kier alpha value is -3.68. The second-order valence-corrected chi connectivity index (χ2v) is 7.38. The molecular formula is C24H20F3N3O2. The number of hydrogen-bond donors (Lipinski definition) is 0. The fraction of sp³-hybridized carbons (Fsp3) is 0.208. The molecule has 164 valence electrons.